The number of thiophene rings is 1. The fourth-order valence-corrected chi connectivity index (χ4v) is 4.41. The summed E-state index contributed by atoms with van der Waals surface area (Å²) >= 11 is 3.54. The summed E-state index contributed by atoms with van der Waals surface area (Å²) in [6, 6.07) is 10.5. The van der Waals surface area contributed by atoms with Crippen LogP contribution in [0.4, 0.5) is 0 Å². The number of fused-ring (bicyclic) bond motifs is 1. The molecule has 132 valence electrons. The molecule has 25 heavy (non-hydrogen) atoms. The molecule has 0 radical (unpaired) electrons. The smallest absolute Gasteiger partial charge is 0.190 e. The van der Waals surface area contributed by atoms with Gasteiger partial charge in [-0.05, 0) is 46.9 Å². The maximum absolute atomic E-state index is 4.68. The number of thiazole rings is 1. The van der Waals surface area contributed by atoms with Crippen LogP contribution in [0.5, 0.6) is 0 Å². The molecule has 2 N–H and O–H groups in total. The summed E-state index contributed by atoms with van der Waals surface area (Å²) in [6.45, 7) is 4.01. The highest BCUT2D eigenvalue weighted by atomic mass is 32.1. The molecule has 6 heteroatoms. The minimum absolute atomic E-state index is 0.479. The summed E-state index contributed by atoms with van der Waals surface area (Å²) in [5.74, 6) is 1.35. The second-order valence-electron chi connectivity index (χ2n) is 6.02. The SMILES string of the molecule is CN=C(NCCCc1nc2ccccc2s1)NCC(C)c1ccsc1. The van der Waals surface area contributed by atoms with Crippen LogP contribution < -0.4 is 10.6 Å². The van der Waals surface area contributed by atoms with Gasteiger partial charge in [-0.15, -0.1) is 11.3 Å². The highest BCUT2D eigenvalue weighted by Gasteiger charge is 2.07. The Morgan fingerprint density at radius 1 is 1.24 bits per heavy atom. The molecule has 0 aliphatic heterocycles. The molecule has 2 aromatic heterocycles. The van der Waals surface area contributed by atoms with Gasteiger partial charge in [0.15, 0.2) is 5.96 Å². The number of para-hydroxylation sites is 1. The quantitative estimate of drug-likeness (QED) is 0.370. The van der Waals surface area contributed by atoms with Crippen molar-refractivity contribution in [2.45, 2.75) is 25.7 Å². The highest BCUT2D eigenvalue weighted by molar-refractivity contribution is 7.18. The zero-order valence-corrected chi connectivity index (χ0v) is 16.3. The van der Waals surface area contributed by atoms with Crippen LogP contribution in [0, 0.1) is 0 Å². The fourth-order valence-electron chi connectivity index (χ4n) is 2.62. The molecular weight excluding hydrogens is 348 g/mol. The van der Waals surface area contributed by atoms with Crippen molar-refractivity contribution in [3.8, 4) is 0 Å². The molecule has 2 heterocycles. The first-order chi connectivity index (χ1) is 12.3. The Labute approximate surface area is 157 Å². The van der Waals surface area contributed by atoms with Gasteiger partial charge in [0.05, 0.1) is 15.2 Å². The van der Waals surface area contributed by atoms with Crippen molar-refractivity contribution in [3.63, 3.8) is 0 Å². The zero-order chi connectivity index (χ0) is 17.5. The van der Waals surface area contributed by atoms with E-state index in [0.717, 1.165) is 37.4 Å². The van der Waals surface area contributed by atoms with Crippen LogP contribution in [0.2, 0.25) is 0 Å². The van der Waals surface area contributed by atoms with E-state index in [1.54, 1.807) is 22.7 Å². The van der Waals surface area contributed by atoms with Gasteiger partial charge in [0, 0.05) is 26.6 Å². The third-order valence-corrected chi connectivity index (χ3v) is 5.91. The molecule has 0 saturated carbocycles. The van der Waals surface area contributed by atoms with Crippen molar-refractivity contribution >= 4 is 38.8 Å². The number of hydrogen-bond donors (Lipinski definition) is 2. The van der Waals surface area contributed by atoms with Gasteiger partial charge in [0.2, 0.25) is 0 Å². The first kappa shape index (κ1) is 17.9. The fraction of sp³-hybridized carbons (Fsp3) is 0.368. The lowest BCUT2D eigenvalue weighted by atomic mass is 10.1. The second-order valence-corrected chi connectivity index (χ2v) is 7.91. The number of hydrogen-bond acceptors (Lipinski definition) is 4. The van der Waals surface area contributed by atoms with E-state index in [9.17, 15) is 0 Å². The normalized spacial score (nSPS) is 13.1. The summed E-state index contributed by atoms with van der Waals surface area (Å²) in [7, 11) is 1.82. The Balaban J connectivity index is 1.39. The highest BCUT2D eigenvalue weighted by Crippen LogP contribution is 2.22. The first-order valence-electron chi connectivity index (χ1n) is 8.57. The van der Waals surface area contributed by atoms with Crippen molar-refractivity contribution in [2.24, 2.45) is 4.99 Å². The summed E-state index contributed by atoms with van der Waals surface area (Å²) in [4.78, 5) is 8.99. The van der Waals surface area contributed by atoms with Crippen LogP contribution in [-0.4, -0.2) is 31.1 Å². The van der Waals surface area contributed by atoms with Crippen molar-refractivity contribution in [2.75, 3.05) is 20.1 Å². The number of aliphatic imine (C=N–C) groups is 1. The van der Waals surface area contributed by atoms with Crippen LogP contribution in [0.25, 0.3) is 10.2 Å². The Kier molecular flexibility index (Phi) is 6.42. The minimum atomic E-state index is 0.479. The molecule has 0 bridgehead atoms. The number of nitrogens with one attached hydrogen (secondary N) is 2. The maximum Gasteiger partial charge on any atom is 0.190 e. The van der Waals surface area contributed by atoms with Crippen LogP contribution in [0.3, 0.4) is 0 Å². The predicted molar refractivity (Wildman–Crippen MR) is 110 cm³/mol. The van der Waals surface area contributed by atoms with E-state index in [2.05, 4.69) is 62.6 Å². The third-order valence-electron chi connectivity index (χ3n) is 4.11. The molecule has 0 spiro atoms. The van der Waals surface area contributed by atoms with E-state index in [0.29, 0.717) is 5.92 Å². The molecule has 0 saturated heterocycles. The average Bonchev–Trinajstić information content (AvgIpc) is 3.30. The summed E-state index contributed by atoms with van der Waals surface area (Å²) in [5, 5.41) is 12.3. The van der Waals surface area contributed by atoms with Crippen LogP contribution in [-0.2, 0) is 6.42 Å². The van der Waals surface area contributed by atoms with Crippen molar-refractivity contribution in [1.82, 2.24) is 15.6 Å². The summed E-state index contributed by atoms with van der Waals surface area (Å²) in [5.41, 5.74) is 2.49. The summed E-state index contributed by atoms with van der Waals surface area (Å²) < 4.78 is 1.27. The molecule has 1 aromatic carbocycles. The summed E-state index contributed by atoms with van der Waals surface area (Å²) in [6.07, 6.45) is 2.04. The topological polar surface area (TPSA) is 49.3 Å². The lowest BCUT2D eigenvalue weighted by Gasteiger charge is -2.15. The van der Waals surface area contributed by atoms with Gasteiger partial charge in [-0.3, -0.25) is 4.99 Å². The Morgan fingerprint density at radius 2 is 2.12 bits per heavy atom. The lowest BCUT2D eigenvalue weighted by Crippen LogP contribution is -2.39. The molecule has 3 aromatic rings. The van der Waals surface area contributed by atoms with Gasteiger partial charge in [0.1, 0.15) is 0 Å². The maximum atomic E-state index is 4.68. The largest absolute Gasteiger partial charge is 0.356 e. The molecule has 3 rings (SSSR count). The molecule has 1 atom stereocenters. The van der Waals surface area contributed by atoms with E-state index < -0.39 is 0 Å². The predicted octanol–water partition coefficient (Wildman–Crippen LogP) is 4.26. The molecule has 0 aliphatic carbocycles. The molecular formula is C19H24N4S2. The number of benzene rings is 1. The van der Waals surface area contributed by atoms with Crippen LogP contribution in [0.1, 0.15) is 29.8 Å². The van der Waals surface area contributed by atoms with Crippen molar-refractivity contribution < 1.29 is 0 Å². The molecule has 0 fully saturated rings. The number of nitrogens with zero attached hydrogens (tertiary/aromatic N) is 2. The van der Waals surface area contributed by atoms with Gasteiger partial charge in [-0.25, -0.2) is 4.98 Å². The van der Waals surface area contributed by atoms with E-state index in [4.69, 9.17) is 0 Å². The monoisotopic (exact) mass is 372 g/mol. The van der Waals surface area contributed by atoms with E-state index in [1.165, 1.54) is 15.3 Å². The number of guanidine groups is 1. The van der Waals surface area contributed by atoms with Gasteiger partial charge in [-0.2, -0.15) is 11.3 Å². The Bertz CT molecular complexity index is 775. The van der Waals surface area contributed by atoms with Crippen LogP contribution in [0.15, 0.2) is 46.1 Å². The molecule has 0 amide bonds. The van der Waals surface area contributed by atoms with Crippen LogP contribution >= 0.6 is 22.7 Å². The molecule has 0 aliphatic rings. The van der Waals surface area contributed by atoms with E-state index >= 15 is 0 Å². The first-order valence-corrected chi connectivity index (χ1v) is 10.3. The van der Waals surface area contributed by atoms with Crippen molar-refractivity contribution in [1.29, 1.82) is 0 Å². The standard InChI is InChI=1S/C19H24N4S2/c1-14(15-9-11-24-13-15)12-22-19(20-2)21-10-5-8-18-23-16-6-3-4-7-17(16)25-18/h3-4,6-7,9,11,13-14H,5,8,10,12H2,1-2H3,(H2,20,21,22). The van der Waals surface area contributed by atoms with Gasteiger partial charge in [0.25, 0.3) is 0 Å². The third kappa shape index (κ3) is 5.03. The van der Waals surface area contributed by atoms with Gasteiger partial charge >= 0.3 is 0 Å². The second kappa shape index (κ2) is 8.97. The lowest BCUT2D eigenvalue weighted by molar-refractivity contribution is 0.689. The molecule has 1 unspecified atom stereocenters. The average molecular weight is 373 g/mol. The number of aryl methyl sites for hydroxylation is 1. The molecule has 4 nitrogen and oxygen atoms in total. The van der Waals surface area contributed by atoms with E-state index in [1.807, 2.05) is 13.1 Å². The van der Waals surface area contributed by atoms with E-state index in [-0.39, 0.29) is 0 Å². The van der Waals surface area contributed by atoms with Gasteiger partial charge in [-0.1, -0.05) is 19.1 Å². The number of rotatable bonds is 7. The minimum Gasteiger partial charge on any atom is -0.356 e. The Hall–Kier alpha value is -1.92. The zero-order valence-electron chi connectivity index (χ0n) is 14.7. The number of aromatic nitrogens is 1. The van der Waals surface area contributed by atoms with Gasteiger partial charge < -0.3 is 10.6 Å². The Morgan fingerprint density at radius 3 is 2.88 bits per heavy atom. The van der Waals surface area contributed by atoms with Crippen molar-refractivity contribution in [3.05, 3.63) is 51.7 Å².